The highest BCUT2D eigenvalue weighted by Crippen LogP contribution is 2.25. The van der Waals surface area contributed by atoms with Crippen LogP contribution in [0.3, 0.4) is 0 Å². The Morgan fingerprint density at radius 1 is 0.826 bits per heavy atom. The van der Waals surface area contributed by atoms with E-state index in [0.717, 1.165) is 17.9 Å². The molecule has 0 saturated carbocycles. The number of rotatable bonds is 6. The van der Waals surface area contributed by atoms with Crippen LogP contribution in [0.2, 0.25) is 0 Å². The van der Waals surface area contributed by atoms with Crippen LogP contribution in [0.25, 0.3) is 0 Å². The lowest BCUT2D eigenvalue weighted by Crippen LogP contribution is -2.12. The maximum Gasteiger partial charge on any atom is 0.119 e. The highest BCUT2D eigenvalue weighted by molar-refractivity contribution is 5.32. The third-order valence-corrected chi connectivity index (χ3v) is 3.89. The zero-order chi connectivity index (χ0) is 16.1. The largest absolute Gasteiger partial charge is 0.497 e. The van der Waals surface area contributed by atoms with Crippen LogP contribution in [0.5, 0.6) is 11.5 Å². The molecule has 0 fully saturated rings. The Hall–Kier alpha value is -2.82. The Morgan fingerprint density at radius 3 is 1.87 bits per heavy atom. The van der Waals surface area contributed by atoms with Gasteiger partial charge in [0.1, 0.15) is 24.2 Å². The monoisotopic (exact) mass is 309 g/mol. The third-order valence-electron chi connectivity index (χ3n) is 3.89. The summed E-state index contributed by atoms with van der Waals surface area (Å²) in [7, 11) is 3.34. The molecule has 1 atom stereocenters. The Labute approximate surface area is 135 Å². The zero-order valence-electron chi connectivity index (χ0n) is 13.2. The normalized spacial score (nSPS) is 11.9. The summed E-state index contributed by atoms with van der Waals surface area (Å²) >= 11 is 0. The van der Waals surface area contributed by atoms with Crippen molar-refractivity contribution in [2.24, 2.45) is 0 Å². The van der Waals surface area contributed by atoms with Gasteiger partial charge in [-0.2, -0.15) is 0 Å². The molecule has 0 amide bonds. The molecule has 5 nitrogen and oxygen atoms in total. The summed E-state index contributed by atoms with van der Waals surface area (Å²) < 4.78 is 12.5. The molecule has 118 valence electrons. The SMILES string of the molecule is COc1ccc(C[C@@H](c2ccc(OC)cc2)n2cnnc2)cc1. The minimum atomic E-state index is 0.129. The molecule has 0 aliphatic heterocycles. The van der Waals surface area contributed by atoms with E-state index in [-0.39, 0.29) is 6.04 Å². The first-order valence-corrected chi connectivity index (χ1v) is 7.41. The second-order valence-corrected chi connectivity index (χ2v) is 5.25. The smallest absolute Gasteiger partial charge is 0.119 e. The van der Waals surface area contributed by atoms with E-state index in [1.807, 2.05) is 28.8 Å². The number of hydrogen-bond acceptors (Lipinski definition) is 4. The molecular weight excluding hydrogens is 290 g/mol. The molecule has 1 heterocycles. The quantitative estimate of drug-likeness (QED) is 0.702. The van der Waals surface area contributed by atoms with Crippen molar-refractivity contribution in [3.05, 3.63) is 72.3 Å². The molecule has 23 heavy (non-hydrogen) atoms. The summed E-state index contributed by atoms with van der Waals surface area (Å²) in [5, 5.41) is 7.88. The fourth-order valence-electron chi connectivity index (χ4n) is 2.58. The van der Waals surface area contributed by atoms with Crippen LogP contribution in [-0.2, 0) is 6.42 Å². The Bertz CT molecular complexity index is 722. The van der Waals surface area contributed by atoms with Crippen molar-refractivity contribution in [3.63, 3.8) is 0 Å². The first-order chi connectivity index (χ1) is 11.3. The molecule has 0 aliphatic rings. The number of methoxy groups -OCH3 is 2. The van der Waals surface area contributed by atoms with Gasteiger partial charge < -0.3 is 14.0 Å². The van der Waals surface area contributed by atoms with Crippen molar-refractivity contribution >= 4 is 0 Å². The van der Waals surface area contributed by atoms with E-state index < -0.39 is 0 Å². The molecule has 0 N–H and O–H groups in total. The molecule has 3 rings (SSSR count). The maximum absolute atomic E-state index is 5.24. The summed E-state index contributed by atoms with van der Waals surface area (Å²) in [6.45, 7) is 0. The summed E-state index contributed by atoms with van der Waals surface area (Å²) in [5.74, 6) is 1.71. The van der Waals surface area contributed by atoms with E-state index >= 15 is 0 Å². The lowest BCUT2D eigenvalue weighted by molar-refractivity contribution is 0.414. The van der Waals surface area contributed by atoms with Gasteiger partial charge in [-0.3, -0.25) is 0 Å². The molecule has 0 unspecified atom stereocenters. The fraction of sp³-hybridized carbons (Fsp3) is 0.222. The van der Waals surface area contributed by atoms with Gasteiger partial charge in [0.05, 0.1) is 20.3 Å². The molecule has 3 aromatic rings. The van der Waals surface area contributed by atoms with Gasteiger partial charge in [-0.25, -0.2) is 0 Å². The fourth-order valence-corrected chi connectivity index (χ4v) is 2.58. The number of ether oxygens (including phenoxy) is 2. The third kappa shape index (κ3) is 3.51. The van der Waals surface area contributed by atoms with E-state index in [1.54, 1.807) is 26.9 Å². The Kier molecular flexibility index (Phi) is 4.57. The van der Waals surface area contributed by atoms with Crippen LogP contribution in [0, 0.1) is 0 Å². The van der Waals surface area contributed by atoms with Crippen LogP contribution in [-0.4, -0.2) is 29.0 Å². The predicted molar refractivity (Wildman–Crippen MR) is 87.9 cm³/mol. The minimum absolute atomic E-state index is 0.129. The number of hydrogen-bond donors (Lipinski definition) is 0. The van der Waals surface area contributed by atoms with Crippen molar-refractivity contribution < 1.29 is 9.47 Å². The van der Waals surface area contributed by atoms with Gasteiger partial charge >= 0.3 is 0 Å². The predicted octanol–water partition coefficient (Wildman–Crippen LogP) is 3.13. The first kappa shape index (κ1) is 15.1. The van der Waals surface area contributed by atoms with E-state index in [1.165, 1.54) is 11.1 Å². The Morgan fingerprint density at radius 2 is 1.35 bits per heavy atom. The van der Waals surface area contributed by atoms with Crippen LogP contribution in [0.1, 0.15) is 17.2 Å². The molecule has 0 radical (unpaired) electrons. The van der Waals surface area contributed by atoms with Gasteiger partial charge in [0, 0.05) is 0 Å². The van der Waals surface area contributed by atoms with Gasteiger partial charge in [0.2, 0.25) is 0 Å². The van der Waals surface area contributed by atoms with Crippen molar-refractivity contribution in [2.45, 2.75) is 12.5 Å². The molecule has 0 spiro atoms. The van der Waals surface area contributed by atoms with Crippen molar-refractivity contribution in [1.82, 2.24) is 14.8 Å². The summed E-state index contributed by atoms with van der Waals surface area (Å²) in [4.78, 5) is 0. The summed E-state index contributed by atoms with van der Waals surface area (Å²) in [5.41, 5.74) is 2.40. The van der Waals surface area contributed by atoms with Crippen LogP contribution >= 0.6 is 0 Å². The van der Waals surface area contributed by atoms with Gasteiger partial charge in [-0.15, -0.1) is 10.2 Å². The average molecular weight is 309 g/mol. The molecule has 0 saturated heterocycles. The average Bonchev–Trinajstić information content (AvgIpc) is 3.15. The first-order valence-electron chi connectivity index (χ1n) is 7.41. The van der Waals surface area contributed by atoms with Gasteiger partial charge in [-0.1, -0.05) is 24.3 Å². The van der Waals surface area contributed by atoms with Crippen molar-refractivity contribution in [3.8, 4) is 11.5 Å². The van der Waals surface area contributed by atoms with Crippen LogP contribution in [0.4, 0.5) is 0 Å². The molecular formula is C18H19N3O2. The Balaban J connectivity index is 1.88. The molecule has 2 aromatic carbocycles. The van der Waals surface area contributed by atoms with Crippen molar-refractivity contribution in [1.29, 1.82) is 0 Å². The minimum Gasteiger partial charge on any atom is -0.497 e. The standard InChI is InChI=1S/C18H19N3O2/c1-22-16-7-3-14(4-8-16)11-18(21-12-19-20-13-21)15-5-9-17(23-2)10-6-15/h3-10,12-13,18H,11H2,1-2H3/t18-/m0/s1. The topological polar surface area (TPSA) is 49.2 Å². The number of nitrogens with zero attached hydrogens (tertiary/aromatic N) is 3. The second-order valence-electron chi connectivity index (χ2n) is 5.25. The molecule has 1 aromatic heterocycles. The summed E-state index contributed by atoms with van der Waals surface area (Å²) in [6, 6.07) is 16.4. The van der Waals surface area contributed by atoms with E-state index in [4.69, 9.17) is 9.47 Å². The molecule has 5 heteroatoms. The van der Waals surface area contributed by atoms with Crippen LogP contribution < -0.4 is 9.47 Å². The highest BCUT2D eigenvalue weighted by Gasteiger charge is 2.15. The van der Waals surface area contributed by atoms with Gasteiger partial charge in [0.25, 0.3) is 0 Å². The molecule has 0 aliphatic carbocycles. The van der Waals surface area contributed by atoms with E-state index in [2.05, 4.69) is 34.5 Å². The highest BCUT2D eigenvalue weighted by atomic mass is 16.5. The molecule has 0 bridgehead atoms. The van der Waals surface area contributed by atoms with E-state index in [0.29, 0.717) is 0 Å². The van der Waals surface area contributed by atoms with Gasteiger partial charge in [0.15, 0.2) is 0 Å². The number of aromatic nitrogens is 3. The summed E-state index contributed by atoms with van der Waals surface area (Å²) in [6.07, 6.45) is 4.34. The zero-order valence-corrected chi connectivity index (χ0v) is 13.2. The second kappa shape index (κ2) is 6.96. The van der Waals surface area contributed by atoms with Crippen LogP contribution in [0.15, 0.2) is 61.2 Å². The van der Waals surface area contributed by atoms with Gasteiger partial charge in [-0.05, 0) is 41.8 Å². The number of benzene rings is 2. The van der Waals surface area contributed by atoms with E-state index in [9.17, 15) is 0 Å². The lowest BCUT2D eigenvalue weighted by atomic mass is 9.98. The van der Waals surface area contributed by atoms with Crippen molar-refractivity contribution in [2.75, 3.05) is 14.2 Å². The maximum atomic E-state index is 5.24. The lowest BCUT2D eigenvalue weighted by Gasteiger charge is -2.19.